The number of nitrogens with zero attached hydrogens (tertiary/aromatic N) is 1. The Bertz CT molecular complexity index is 156. The van der Waals surface area contributed by atoms with Crippen LogP contribution in [0.2, 0.25) is 0 Å². The maximum Gasteiger partial charge on any atom is 0.305 e. The van der Waals surface area contributed by atoms with Gasteiger partial charge in [-0.1, -0.05) is 0 Å². The zero-order chi connectivity index (χ0) is 8.43. The average molecular weight is 157 g/mol. The molecular formula is C8H15NO2. The molecule has 3 nitrogen and oxygen atoms in total. The molecule has 2 atom stereocenters. The fraction of sp³-hybridized carbons (Fsp3) is 0.875. The smallest absolute Gasteiger partial charge is 0.305 e. The molecule has 1 rings (SSSR count). The number of hydrogen-bond donors (Lipinski definition) is 0. The van der Waals surface area contributed by atoms with Gasteiger partial charge >= 0.3 is 5.97 Å². The van der Waals surface area contributed by atoms with E-state index in [1.807, 2.05) is 14.1 Å². The molecule has 0 aromatic carbocycles. The van der Waals surface area contributed by atoms with Crippen molar-refractivity contribution in [2.75, 3.05) is 21.2 Å². The first-order valence-corrected chi connectivity index (χ1v) is 3.88. The van der Waals surface area contributed by atoms with Crippen LogP contribution >= 0.6 is 0 Å². The fourth-order valence-corrected chi connectivity index (χ4v) is 1.38. The first-order valence-electron chi connectivity index (χ1n) is 3.88. The quantitative estimate of drug-likeness (QED) is 0.559. The molecule has 0 radical (unpaired) electrons. The number of hydrogen-bond acceptors (Lipinski definition) is 3. The minimum Gasteiger partial charge on any atom is -0.469 e. The standard InChI is InChI=1S/C8H15NO2/c1-9(2)7-4-6(7)5-8(10)11-3/h6-7H,4-5H2,1-3H3. The van der Waals surface area contributed by atoms with E-state index in [0.717, 1.165) is 6.42 Å². The lowest BCUT2D eigenvalue weighted by molar-refractivity contribution is -0.141. The van der Waals surface area contributed by atoms with E-state index >= 15 is 0 Å². The molecule has 0 spiro atoms. The third kappa shape index (κ3) is 2.19. The number of esters is 1. The first-order chi connectivity index (χ1) is 5.15. The van der Waals surface area contributed by atoms with Crippen LogP contribution in [0.3, 0.4) is 0 Å². The lowest BCUT2D eigenvalue weighted by Gasteiger charge is -2.07. The van der Waals surface area contributed by atoms with Crippen LogP contribution in [0, 0.1) is 5.92 Å². The summed E-state index contributed by atoms with van der Waals surface area (Å²) in [5, 5.41) is 0. The van der Waals surface area contributed by atoms with Gasteiger partial charge in [-0.05, 0) is 26.4 Å². The van der Waals surface area contributed by atoms with Gasteiger partial charge in [0, 0.05) is 12.5 Å². The van der Waals surface area contributed by atoms with Gasteiger partial charge in [0.2, 0.25) is 0 Å². The Hall–Kier alpha value is -0.570. The van der Waals surface area contributed by atoms with Crippen molar-refractivity contribution in [1.82, 2.24) is 4.90 Å². The fourth-order valence-electron chi connectivity index (χ4n) is 1.38. The first kappa shape index (κ1) is 8.53. The highest BCUT2D eigenvalue weighted by Gasteiger charge is 2.40. The van der Waals surface area contributed by atoms with Crippen molar-refractivity contribution in [3.63, 3.8) is 0 Å². The number of rotatable bonds is 3. The molecule has 1 fully saturated rings. The number of carbonyl (C=O) groups excluding carboxylic acids is 1. The molecule has 1 aliphatic rings. The second-order valence-corrected chi connectivity index (χ2v) is 3.31. The van der Waals surface area contributed by atoms with E-state index in [4.69, 9.17) is 0 Å². The van der Waals surface area contributed by atoms with Gasteiger partial charge in [0.1, 0.15) is 0 Å². The van der Waals surface area contributed by atoms with Crippen molar-refractivity contribution in [3.05, 3.63) is 0 Å². The van der Waals surface area contributed by atoms with Crippen LogP contribution in [0.4, 0.5) is 0 Å². The molecule has 0 N–H and O–H groups in total. The highest BCUT2D eigenvalue weighted by molar-refractivity contribution is 5.70. The van der Waals surface area contributed by atoms with E-state index in [2.05, 4.69) is 9.64 Å². The van der Waals surface area contributed by atoms with Gasteiger partial charge in [-0.3, -0.25) is 4.79 Å². The van der Waals surface area contributed by atoms with Crippen LogP contribution in [0.25, 0.3) is 0 Å². The summed E-state index contributed by atoms with van der Waals surface area (Å²) in [7, 11) is 5.53. The number of carbonyl (C=O) groups is 1. The van der Waals surface area contributed by atoms with Crippen LogP contribution in [-0.4, -0.2) is 38.1 Å². The predicted molar refractivity (Wildman–Crippen MR) is 42.2 cm³/mol. The van der Waals surface area contributed by atoms with Crippen molar-refractivity contribution in [2.24, 2.45) is 5.92 Å². The molecule has 1 saturated carbocycles. The molecule has 1 aliphatic carbocycles. The van der Waals surface area contributed by atoms with Gasteiger partial charge in [0.05, 0.1) is 7.11 Å². The predicted octanol–water partition coefficient (Wildman–Crippen LogP) is 0.500. The van der Waals surface area contributed by atoms with Crippen molar-refractivity contribution in [2.45, 2.75) is 18.9 Å². The van der Waals surface area contributed by atoms with E-state index < -0.39 is 0 Å². The zero-order valence-corrected chi connectivity index (χ0v) is 7.33. The molecule has 0 aromatic rings. The summed E-state index contributed by atoms with van der Waals surface area (Å²) < 4.78 is 4.57. The van der Waals surface area contributed by atoms with E-state index in [-0.39, 0.29) is 5.97 Å². The van der Waals surface area contributed by atoms with Crippen molar-refractivity contribution < 1.29 is 9.53 Å². The van der Waals surface area contributed by atoms with Crippen LogP contribution in [-0.2, 0) is 9.53 Å². The van der Waals surface area contributed by atoms with Gasteiger partial charge in [-0.2, -0.15) is 0 Å². The maximum absolute atomic E-state index is 10.8. The minimum atomic E-state index is -0.0839. The Morgan fingerprint density at radius 1 is 1.64 bits per heavy atom. The lowest BCUT2D eigenvalue weighted by Crippen LogP contribution is -2.17. The van der Waals surface area contributed by atoms with E-state index in [1.165, 1.54) is 7.11 Å². The number of methoxy groups -OCH3 is 1. The Balaban J connectivity index is 2.18. The second-order valence-electron chi connectivity index (χ2n) is 3.31. The third-order valence-corrected chi connectivity index (χ3v) is 2.21. The molecule has 0 aromatic heterocycles. The summed E-state index contributed by atoms with van der Waals surface area (Å²) in [6.45, 7) is 0. The molecule has 0 aliphatic heterocycles. The Morgan fingerprint density at radius 3 is 2.64 bits per heavy atom. The SMILES string of the molecule is COC(=O)CC1CC1N(C)C. The normalized spacial score (nSPS) is 28.7. The molecule has 0 heterocycles. The topological polar surface area (TPSA) is 29.5 Å². The van der Waals surface area contributed by atoms with E-state index in [9.17, 15) is 4.79 Å². The van der Waals surface area contributed by atoms with Crippen LogP contribution in [0.1, 0.15) is 12.8 Å². The largest absolute Gasteiger partial charge is 0.469 e. The van der Waals surface area contributed by atoms with E-state index in [1.54, 1.807) is 0 Å². The molecular weight excluding hydrogens is 142 g/mol. The van der Waals surface area contributed by atoms with Gasteiger partial charge < -0.3 is 9.64 Å². The van der Waals surface area contributed by atoms with Crippen molar-refractivity contribution in [1.29, 1.82) is 0 Å². The maximum atomic E-state index is 10.8. The summed E-state index contributed by atoms with van der Waals surface area (Å²) in [6.07, 6.45) is 1.72. The molecule has 11 heavy (non-hydrogen) atoms. The lowest BCUT2D eigenvalue weighted by atomic mass is 10.3. The Kier molecular flexibility index (Phi) is 2.49. The molecule has 3 heteroatoms. The summed E-state index contributed by atoms with van der Waals surface area (Å²) in [5.74, 6) is 0.455. The Labute approximate surface area is 67.3 Å². The average Bonchev–Trinajstić information content (AvgIpc) is 2.67. The van der Waals surface area contributed by atoms with Gasteiger partial charge in [-0.15, -0.1) is 0 Å². The molecule has 0 amide bonds. The van der Waals surface area contributed by atoms with Gasteiger partial charge in [-0.25, -0.2) is 0 Å². The Morgan fingerprint density at radius 2 is 2.27 bits per heavy atom. The number of ether oxygens (including phenoxy) is 1. The monoisotopic (exact) mass is 157 g/mol. The van der Waals surface area contributed by atoms with Crippen molar-refractivity contribution in [3.8, 4) is 0 Å². The van der Waals surface area contributed by atoms with Crippen molar-refractivity contribution >= 4 is 5.97 Å². The third-order valence-electron chi connectivity index (χ3n) is 2.21. The summed E-state index contributed by atoms with van der Waals surface area (Å²) in [6, 6.07) is 0.606. The molecule has 2 unspecified atom stereocenters. The van der Waals surface area contributed by atoms with Gasteiger partial charge in [0.25, 0.3) is 0 Å². The molecule has 64 valence electrons. The summed E-state index contributed by atoms with van der Waals surface area (Å²) in [4.78, 5) is 12.9. The molecule has 0 bridgehead atoms. The molecule has 0 saturated heterocycles. The van der Waals surface area contributed by atoms with E-state index in [0.29, 0.717) is 18.4 Å². The van der Waals surface area contributed by atoms with Crippen LogP contribution in [0.5, 0.6) is 0 Å². The highest BCUT2D eigenvalue weighted by Crippen LogP contribution is 2.37. The van der Waals surface area contributed by atoms with Crippen LogP contribution in [0.15, 0.2) is 0 Å². The highest BCUT2D eigenvalue weighted by atomic mass is 16.5. The minimum absolute atomic E-state index is 0.0839. The summed E-state index contributed by atoms with van der Waals surface area (Å²) in [5.41, 5.74) is 0. The summed E-state index contributed by atoms with van der Waals surface area (Å²) >= 11 is 0. The van der Waals surface area contributed by atoms with Gasteiger partial charge in [0.15, 0.2) is 0 Å². The van der Waals surface area contributed by atoms with Crippen LogP contribution < -0.4 is 0 Å². The second kappa shape index (κ2) is 3.22. The zero-order valence-electron chi connectivity index (χ0n) is 7.33.